The highest BCUT2D eigenvalue weighted by molar-refractivity contribution is 5.44. The number of rotatable bonds is 6. The zero-order chi connectivity index (χ0) is 13.7. The average molecular weight is 260 g/mol. The zero-order valence-corrected chi connectivity index (χ0v) is 10.7. The first kappa shape index (κ1) is 14.7. The number of benzene rings is 1. The third kappa shape index (κ3) is 3.54. The van der Waals surface area contributed by atoms with Gasteiger partial charge in [0.15, 0.2) is 11.5 Å². The molecule has 18 heavy (non-hydrogen) atoms. The molecule has 1 rings (SSSR count). The van der Waals surface area contributed by atoms with Gasteiger partial charge in [0.25, 0.3) is 0 Å². The molecule has 0 aliphatic carbocycles. The second-order valence-corrected chi connectivity index (χ2v) is 4.00. The third-order valence-electron chi connectivity index (χ3n) is 2.64. The fraction of sp³-hybridized carbons (Fsp3) is 0.500. The van der Waals surface area contributed by atoms with Gasteiger partial charge in [0.05, 0.1) is 7.11 Å². The number of ether oxygens (including phenoxy) is 2. The van der Waals surface area contributed by atoms with Gasteiger partial charge in [-0.15, -0.1) is 0 Å². The Morgan fingerprint density at radius 3 is 2.39 bits per heavy atom. The van der Waals surface area contributed by atoms with Crippen molar-refractivity contribution in [2.75, 3.05) is 27.7 Å². The molecule has 0 spiro atoms. The third-order valence-corrected chi connectivity index (χ3v) is 2.64. The van der Waals surface area contributed by atoms with Crippen LogP contribution in [0, 0.1) is 0 Å². The summed E-state index contributed by atoms with van der Waals surface area (Å²) in [5.41, 5.74) is 6.47. The molecule has 0 aliphatic rings. The minimum atomic E-state index is -2.88. The van der Waals surface area contributed by atoms with E-state index in [2.05, 4.69) is 4.74 Å². The van der Waals surface area contributed by atoms with E-state index in [4.69, 9.17) is 10.5 Å². The molecule has 0 radical (unpaired) electrons. The molecule has 102 valence electrons. The molecule has 6 heteroatoms. The van der Waals surface area contributed by atoms with E-state index in [0.29, 0.717) is 6.54 Å². The van der Waals surface area contributed by atoms with Gasteiger partial charge < -0.3 is 20.1 Å². The molecule has 0 aromatic heterocycles. The van der Waals surface area contributed by atoms with Crippen LogP contribution in [0.5, 0.6) is 11.5 Å². The molecular weight excluding hydrogens is 242 g/mol. The van der Waals surface area contributed by atoms with E-state index in [-0.39, 0.29) is 17.5 Å². The fourth-order valence-corrected chi connectivity index (χ4v) is 1.73. The van der Waals surface area contributed by atoms with E-state index in [0.717, 1.165) is 5.56 Å². The molecule has 1 unspecified atom stereocenters. The van der Waals surface area contributed by atoms with Gasteiger partial charge >= 0.3 is 6.61 Å². The van der Waals surface area contributed by atoms with Gasteiger partial charge in [-0.3, -0.25) is 0 Å². The number of halogens is 2. The van der Waals surface area contributed by atoms with Crippen LogP contribution in [0.1, 0.15) is 11.6 Å². The SMILES string of the molecule is COc1ccc(C(CN)N(C)C)cc1OC(F)F. The van der Waals surface area contributed by atoms with Crippen molar-refractivity contribution in [3.8, 4) is 11.5 Å². The van der Waals surface area contributed by atoms with Crippen LogP contribution in [0.25, 0.3) is 0 Å². The van der Waals surface area contributed by atoms with E-state index in [1.807, 2.05) is 19.0 Å². The Labute approximate surface area is 105 Å². The Balaban J connectivity index is 3.08. The lowest BCUT2D eigenvalue weighted by Gasteiger charge is -2.24. The molecule has 0 fully saturated rings. The smallest absolute Gasteiger partial charge is 0.387 e. The van der Waals surface area contributed by atoms with E-state index >= 15 is 0 Å². The summed E-state index contributed by atoms with van der Waals surface area (Å²) >= 11 is 0. The van der Waals surface area contributed by atoms with Crippen LogP contribution in [0.3, 0.4) is 0 Å². The van der Waals surface area contributed by atoms with Gasteiger partial charge in [-0.1, -0.05) is 6.07 Å². The fourth-order valence-electron chi connectivity index (χ4n) is 1.73. The predicted octanol–water partition coefficient (Wildman–Crippen LogP) is 1.86. The van der Waals surface area contributed by atoms with Crippen LogP contribution < -0.4 is 15.2 Å². The summed E-state index contributed by atoms with van der Waals surface area (Å²) in [6.07, 6.45) is 0. The maximum absolute atomic E-state index is 12.3. The quantitative estimate of drug-likeness (QED) is 0.848. The van der Waals surface area contributed by atoms with Gasteiger partial charge in [-0.2, -0.15) is 8.78 Å². The number of nitrogens with zero attached hydrogens (tertiary/aromatic N) is 1. The van der Waals surface area contributed by atoms with E-state index in [1.165, 1.54) is 13.2 Å². The molecule has 1 atom stereocenters. The van der Waals surface area contributed by atoms with Crippen molar-refractivity contribution in [3.63, 3.8) is 0 Å². The Hall–Kier alpha value is -1.40. The van der Waals surface area contributed by atoms with Crippen molar-refractivity contribution in [1.82, 2.24) is 4.90 Å². The summed E-state index contributed by atoms with van der Waals surface area (Å²) in [5.74, 6) is 0.291. The van der Waals surface area contributed by atoms with Crippen molar-refractivity contribution in [2.45, 2.75) is 12.7 Å². The van der Waals surface area contributed by atoms with Gasteiger partial charge in [0, 0.05) is 12.6 Å². The first-order chi connectivity index (χ1) is 8.49. The Kier molecular flexibility index (Phi) is 5.30. The van der Waals surface area contributed by atoms with Crippen molar-refractivity contribution in [3.05, 3.63) is 23.8 Å². The molecule has 1 aromatic rings. The molecule has 0 saturated carbocycles. The van der Waals surface area contributed by atoms with Crippen molar-refractivity contribution in [2.24, 2.45) is 5.73 Å². The molecule has 0 heterocycles. The van der Waals surface area contributed by atoms with Crippen molar-refractivity contribution in [1.29, 1.82) is 0 Å². The highest BCUT2D eigenvalue weighted by atomic mass is 19.3. The lowest BCUT2D eigenvalue weighted by molar-refractivity contribution is -0.0512. The maximum atomic E-state index is 12.3. The van der Waals surface area contributed by atoms with Gasteiger partial charge in [0.1, 0.15) is 0 Å². The normalized spacial score (nSPS) is 12.9. The number of nitrogens with two attached hydrogens (primary N) is 1. The zero-order valence-electron chi connectivity index (χ0n) is 10.7. The minimum absolute atomic E-state index is 0.0188. The highest BCUT2D eigenvalue weighted by Gasteiger charge is 2.17. The van der Waals surface area contributed by atoms with Gasteiger partial charge in [0.2, 0.25) is 0 Å². The largest absolute Gasteiger partial charge is 0.493 e. The van der Waals surface area contributed by atoms with Crippen LogP contribution in [0.15, 0.2) is 18.2 Å². The lowest BCUT2D eigenvalue weighted by Crippen LogP contribution is -2.27. The van der Waals surface area contributed by atoms with E-state index < -0.39 is 6.61 Å². The van der Waals surface area contributed by atoms with E-state index in [9.17, 15) is 8.78 Å². The standard InChI is InChI=1S/C12H18F2N2O2/c1-16(2)9(7-15)8-4-5-10(17-3)11(6-8)18-12(13)14/h4-6,9,12H,7,15H2,1-3H3. The number of alkyl halides is 2. The van der Waals surface area contributed by atoms with Crippen molar-refractivity contribution < 1.29 is 18.3 Å². The van der Waals surface area contributed by atoms with Crippen LogP contribution >= 0.6 is 0 Å². The summed E-state index contributed by atoms with van der Waals surface area (Å²) < 4.78 is 34.0. The summed E-state index contributed by atoms with van der Waals surface area (Å²) in [6, 6.07) is 4.85. The summed E-state index contributed by atoms with van der Waals surface area (Å²) in [4.78, 5) is 1.91. The van der Waals surface area contributed by atoms with E-state index in [1.54, 1.807) is 12.1 Å². The topological polar surface area (TPSA) is 47.7 Å². The molecule has 0 aliphatic heterocycles. The highest BCUT2D eigenvalue weighted by Crippen LogP contribution is 2.32. The predicted molar refractivity (Wildman–Crippen MR) is 65.1 cm³/mol. The molecular formula is C12H18F2N2O2. The number of hydrogen-bond donors (Lipinski definition) is 1. The number of methoxy groups -OCH3 is 1. The second kappa shape index (κ2) is 6.51. The average Bonchev–Trinajstić information content (AvgIpc) is 2.29. The molecule has 4 nitrogen and oxygen atoms in total. The van der Waals surface area contributed by atoms with Crippen LogP contribution in [-0.2, 0) is 0 Å². The summed E-state index contributed by atoms with van der Waals surface area (Å²) in [6.45, 7) is -2.50. The molecule has 0 bridgehead atoms. The molecule has 1 aromatic carbocycles. The monoisotopic (exact) mass is 260 g/mol. The van der Waals surface area contributed by atoms with Crippen LogP contribution in [0.4, 0.5) is 8.78 Å². The first-order valence-electron chi connectivity index (χ1n) is 5.48. The summed E-state index contributed by atoms with van der Waals surface area (Å²) in [7, 11) is 5.14. The minimum Gasteiger partial charge on any atom is -0.493 e. The summed E-state index contributed by atoms with van der Waals surface area (Å²) in [5, 5.41) is 0. The van der Waals surface area contributed by atoms with Crippen molar-refractivity contribution >= 4 is 0 Å². The van der Waals surface area contributed by atoms with Crippen LogP contribution in [-0.4, -0.2) is 39.3 Å². The van der Waals surface area contributed by atoms with Gasteiger partial charge in [-0.05, 0) is 31.8 Å². The molecule has 0 saturated heterocycles. The molecule has 0 amide bonds. The van der Waals surface area contributed by atoms with Gasteiger partial charge in [-0.25, -0.2) is 0 Å². The number of hydrogen-bond acceptors (Lipinski definition) is 4. The van der Waals surface area contributed by atoms with Crippen LogP contribution in [0.2, 0.25) is 0 Å². The Morgan fingerprint density at radius 1 is 1.28 bits per heavy atom. The Morgan fingerprint density at radius 2 is 1.94 bits per heavy atom. The lowest BCUT2D eigenvalue weighted by atomic mass is 10.1. The maximum Gasteiger partial charge on any atom is 0.387 e. The Bertz CT molecular complexity index is 386. The first-order valence-corrected chi connectivity index (χ1v) is 5.48. The second-order valence-electron chi connectivity index (χ2n) is 4.00. The molecule has 2 N–H and O–H groups in total. The number of likely N-dealkylation sites (N-methyl/N-ethyl adjacent to an activating group) is 1.